The average molecular weight is 166 g/mol. The Balaban J connectivity index is 2.40. The molecule has 0 amide bonds. The predicted octanol–water partition coefficient (Wildman–Crippen LogP) is 0.475. The van der Waals surface area contributed by atoms with E-state index in [9.17, 15) is 4.79 Å². The zero-order valence-electron chi connectivity index (χ0n) is 6.91. The van der Waals surface area contributed by atoms with Crippen LogP contribution < -0.4 is 0 Å². The van der Waals surface area contributed by atoms with E-state index in [1.54, 1.807) is 0 Å². The number of carbonyl (C=O) groups excluding carboxylic acids is 1. The largest absolute Gasteiger partial charge is 0.360 e. The standard InChI is InChI=1S/C8H10N2O2/c1-10-3-2-8-6(4-10)7(5-11)9-12-8/h5H,2-4H2,1H3. The quantitative estimate of drug-likeness (QED) is 0.569. The van der Waals surface area contributed by atoms with Crippen LogP contribution in [0.4, 0.5) is 0 Å². The van der Waals surface area contributed by atoms with Crippen molar-refractivity contribution in [1.82, 2.24) is 10.1 Å². The zero-order valence-corrected chi connectivity index (χ0v) is 6.91. The number of carbonyl (C=O) groups is 1. The molecule has 0 radical (unpaired) electrons. The highest BCUT2D eigenvalue weighted by atomic mass is 16.5. The molecule has 1 aromatic heterocycles. The maximum absolute atomic E-state index is 10.5. The van der Waals surface area contributed by atoms with Crippen LogP contribution in [0.5, 0.6) is 0 Å². The second kappa shape index (κ2) is 2.71. The molecule has 1 aliphatic heterocycles. The van der Waals surface area contributed by atoms with Crippen LogP contribution in [0.2, 0.25) is 0 Å². The van der Waals surface area contributed by atoms with E-state index in [0.717, 1.165) is 37.1 Å². The lowest BCUT2D eigenvalue weighted by molar-refractivity contribution is 0.111. The van der Waals surface area contributed by atoms with Crippen LogP contribution in [-0.4, -0.2) is 29.9 Å². The first-order valence-electron chi connectivity index (χ1n) is 3.92. The third-order valence-electron chi connectivity index (χ3n) is 2.16. The molecule has 2 heterocycles. The molecular formula is C8H10N2O2. The number of aldehydes is 1. The van der Waals surface area contributed by atoms with Gasteiger partial charge in [-0.3, -0.25) is 4.79 Å². The Morgan fingerprint density at radius 3 is 3.25 bits per heavy atom. The van der Waals surface area contributed by atoms with Crippen molar-refractivity contribution in [2.24, 2.45) is 0 Å². The van der Waals surface area contributed by atoms with Crippen molar-refractivity contribution in [2.45, 2.75) is 13.0 Å². The smallest absolute Gasteiger partial charge is 0.172 e. The number of fused-ring (bicyclic) bond motifs is 1. The molecule has 0 aliphatic carbocycles. The van der Waals surface area contributed by atoms with Crippen molar-refractivity contribution in [2.75, 3.05) is 13.6 Å². The van der Waals surface area contributed by atoms with E-state index in [1.165, 1.54) is 0 Å². The van der Waals surface area contributed by atoms with Crippen LogP contribution in [0.3, 0.4) is 0 Å². The van der Waals surface area contributed by atoms with Gasteiger partial charge in [0, 0.05) is 25.1 Å². The summed E-state index contributed by atoms with van der Waals surface area (Å²) in [5.41, 5.74) is 1.41. The predicted molar refractivity (Wildman–Crippen MR) is 41.9 cm³/mol. The number of rotatable bonds is 1. The number of nitrogens with zero attached hydrogens (tertiary/aromatic N) is 2. The van der Waals surface area contributed by atoms with E-state index in [-0.39, 0.29) is 0 Å². The van der Waals surface area contributed by atoms with Crippen LogP contribution in [0.25, 0.3) is 0 Å². The maximum Gasteiger partial charge on any atom is 0.172 e. The van der Waals surface area contributed by atoms with Gasteiger partial charge in [-0.1, -0.05) is 5.16 Å². The lowest BCUT2D eigenvalue weighted by Crippen LogP contribution is -2.26. The summed E-state index contributed by atoms with van der Waals surface area (Å²) in [5.74, 6) is 0.871. The van der Waals surface area contributed by atoms with Gasteiger partial charge in [-0.05, 0) is 7.05 Å². The second-order valence-corrected chi connectivity index (χ2v) is 3.08. The van der Waals surface area contributed by atoms with Crippen molar-refractivity contribution in [3.05, 3.63) is 17.0 Å². The Labute approximate surface area is 70.1 Å². The average Bonchev–Trinajstić information content (AvgIpc) is 2.46. The third kappa shape index (κ3) is 1.04. The summed E-state index contributed by atoms with van der Waals surface area (Å²) in [6.45, 7) is 1.74. The Bertz CT molecular complexity index is 306. The van der Waals surface area contributed by atoms with E-state index >= 15 is 0 Å². The van der Waals surface area contributed by atoms with Gasteiger partial charge in [-0.25, -0.2) is 0 Å². The van der Waals surface area contributed by atoms with Crippen molar-refractivity contribution in [1.29, 1.82) is 0 Å². The molecule has 0 atom stereocenters. The third-order valence-corrected chi connectivity index (χ3v) is 2.16. The number of likely N-dealkylation sites (N-methyl/N-ethyl adjacent to an activating group) is 1. The summed E-state index contributed by atoms with van der Waals surface area (Å²) in [5, 5.41) is 3.68. The van der Waals surface area contributed by atoms with E-state index in [0.29, 0.717) is 5.69 Å². The van der Waals surface area contributed by atoms with E-state index < -0.39 is 0 Å². The summed E-state index contributed by atoms with van der Waals surface area (Å²) in [4.78, 5) is 12.7. The van der Waals surface area contributed by atoms with Crippen LogP contribution in [-0.2, 0) is 13.0 Å². The van der Waals surface area contributed by atoms with Gasteiger partial charge in [-0.2, -0.15) is 0 Å². The molecule has 0 spiro atoms. The topological polar surface area (TPSA) is 46.3 Å². The van der Waals surface area contributed by atoms with E-state index in [2.05, 4.69) is 10.1 Å². The summed E-state index contributed by atoms with van der Waals surface area (Å²) in [6.07, 6.45) is 1.61. The molecule has 4 nitrogen and oxygen atoms in total. The Kier molecular flexibility index (Phi) is 1.69. The van der Waals surface area contributed by atoms with Crippen molar-refractivity contribution < 1.29 is 9.32 Å². The lowest BCUT2D eigenvalue weighted by Gasteiger charge is -2.20. The molecule has 0 saturated heterocycles. The SMILES string of the molecule is CN1CCc2onc(C=O)c2C1. The van der Waals surface area contributed by atoms with Crippen molar-refractivity contribution >= 4 is 6.29 Å². The second-order valence-electron chi connectivity index (χ2n) is 3.08. The Morgan fingerprint density at radius 1 is 1.67 bits per heavy atom. The van der Waals surface area contributed by atoms with Gasteiger partial charge in [0.05, 0.1) is 0 Å². The zero-order chi connectivity index (χ0) is 8.55. The first-order valence-corrected chi connectivity index (χ1v) is 3.92. The minimum atomic E-state index is 0.455. The first kappa shape index (κ1) is 7.49. The first-order chi connectivity index (χ1) is 5.81. The van der Waals surface area contributed by atoms with Crippen molar-refractivity contribution in [3.63, 3.8) is 0 Å². The summed E-state index contributed by atoms with van der Waals surface area (Å²) < 4.78 is 5.02. The van der Waals surface area contributed by atoms with Crippen LogP contribution in [0.15, 0.2) is 4.52 Å². The van der Waals surface area contributed by atoms with E-state index in [4.69, 9.17) is 4.52 Å². The van der Waals surface area contributed by atoms with Crippen molar-refractivity contribution in [3.8, 4) is 0 Å². The monoisotopic (exact) mass is 166 g/mol. The van der Waals surface area contributed by atoms with Gasteiger partial charge in [0.2, 0.25) is 0 Å². The fraction of sp³-hybridized carbons (Fsp3) is 0.500. The lowest BCUT2D eigenvalue weighted by atomic mass is 10.1. The molecule has 0 bridgehead atoms. The molecule has 64 valence electrons. The van der Waals surface area contributed by atoms with Gasteiger partial charge in [0.25, 0.3) is 0 Å². The van der Waals surface area contributed by atoms with Crippen LogP contribution in [0.1, 0.15) is 21.8 Å². The number of hydrogen-bond donors (Lipinski definition) is 0. The van der Waals surface area contributed by atoms with Gasteiger partial charge >= 0.3 is 0 Å². The summed E-state index contributed by atoms with van der Waals surface area (Å²) in [7, 11) is 2.02. The fourth-order valence-electron chi connectivity index (χ4n) is 1.46. The molecule has 0 unspecified atom stereocenters. The molecular weight excluding hydrogens is 156 g/mol. The molecule has 1 aromatic rings. The minimum absolute atomic E-state index is 0.455. The normalized spacial score (nSPS) is 17.4. The summed E-state index contributed by atoms with van der Waals surface area (Å²) in [6, 6.07) is 0. The van der Waals surface area contributed by atoms with Gasteiger partial charge in [0.1, 0.15) is 5.76 Å². The van der Waals surface area contributed by atoms with Gasteiger partial charge < -0.3 is 9.42 Å². The highest BCUT2D eigenvalue weighted by Gasteiger charge is 2.21. The van der Waals surface area contributed by atoms with Crippen LogP contribution in [0, 0.1) is 0 Å². The molecule has 4 heteroatoms. The highest BCUT2D eigenvalue weighted by Crippen LogP contribution is 2.19. The van der Waals surface area contributed by atoms with Gasteiger partial charge in [0.15, 0.2) is 12.0 Å². The summed E-state index contributed by atoms with van der Waals surface area (Å²) >= 11 is 0. The molecule has 0 N–H and O–H groups in total. The van der Waals surface area contributed by atoms with Crippen LogP contribution >= 0.6 is 0 Å². The molecule has 2 rings (SSSR count). The van der Waals surface area contributed by atoms with Gasteiger partial charge in [-0.15, -0.1) is 0 Å². The highest BCUT2D eigenvalue weighted by molar-refractivity contribution is 5.74. The minimum Gasteiger partial charge on any atom is -0.360 e. The molecule has 1 aliphatic rings. The maximum atomic E-state index is 10.5. The van der Waals surface area contributed by atoms with E-state index in [1.807, 2.05) is 7.05 Å². The Morgan fingerprint density at radius 2 is 2.50 bits per heavy atom. The molecule has 0 fully saturated rings. The number of hydrogen-bond acceptors (Lipinski definition) is 4. The molecule has 0 aromatic carbocycles. The molecule has 0 saturated carbocycles. The molecule has 12 heavy (non-hydrogen) atoms. The fourth-order valence-corrected chi connectivity index (χ4v) is 1.46. The Hall–Kier alpha value is -1.16. The number of aromatic nitrogens is 1.